The number of carboxylic acids is 1. The van der Waals surface area contributed by atoms with Crippen molar-refractivity contribution in [3.05, 3.63) is 88.9 Å². The number of piperazine rings is 1. The molecule has 0 bridgehead atoms. The second kappa shape index (κ2) is 14.8. The van der Waals surface area contributed by atoms with Crippen molar-refractivity contribution in [2.24, 2.45) is 0 Å². The van der Waals surface area contributed by atoms with Gasteiger partial charge in [0.05, 0.1) is 12.8 Å². The van der Waals surface area contributed by atoms with Crippen molar-refractivity contribution in [3.8, 4) is 22.1 Å². The largest absolute Gasteiger partial charge is 0.497 e. The van der Waals surface area contributed by atoms with Crippen LogP contribution in [0, 0.1) is 6.92 Å². The zero-order valence-corrected chi connectivity index (χ0v) is 26.6. The number of aromatic nitrogens is 1. The van der Waals surface area contributed by atoms with Crippen LogP contribution in [-0.2, 0) is 17.1 Å². The molecule has 0 aliphatic carbocycles. The molecule has 0 saturated carbocycles. The normalized spacial score (nSPS) is 14.4. The number of anilines is 1. The lowest BCUT2D eigenvalue weighted by atomic mass is 10.2. The molecule has 0 radical (unpaired) electrons. The third-order valence-corrected chi connectivity index (χ3v) is 9.94. The number of hydrogen-bond acceptors (Lipinski definition) is 8. The lowest BCUT2D eigenvalue weighted by molar-refractivity contribution is -0.145. The lowest BCUT2D eigenvalue weighted by Gasteiger charge is -2.36. The Hall–Kier alpha value is -3.53. The molecule has 1 aliphatic rings. The predicted octanol–water partition coefficient (Wildman–Crippen LogP) is 7.37. The molecule has 1 N–H and O–H groups in total. The Morgan fingerprint density at radius 2 is 1.79 bits per heavy atom. The van der Waals surface area contributed by atoms with E-state index in [1.54, 1.807) is 30.2 Å². The van der Waals surface area contributed by atoms with Gasteiger partial charge < -0.3 is 19.5 Å². The van der Waals surface area contributed by atoms with Crippen LogP contribution in [0.3, 0.4) is 0 Å². The zero-order chi connectivity index (χ0) is 30.2. The van der Waals surface area contributed by atoms with E-state index < -0.39 is 12.1 Å². The molecule has 3 aromatic carbocycles. The van der Waals surface area contributed by atoms with E-state index in [1.807, 2.05) is 44.2 Å². The van der Waals surface area contributed by atoms with E-state index in [4.69, 9.17) is 14.5 Å². The van der Waals surface area contributed by atoms with Crippen LogP contribution in [0.15, 0.2) is 77.7 Å². The molecule has 4 aromatic rings. The van der Waals surface area contributed by atoms with Gasteiger partial charge >= 0.3 is 5.97 Å². The Balaban J connectivity index is 1.26. The maximum atomic E-state index is 11.6. The standard InChI is InChI=1S/C34H39N3O4S2/c1-4-8-31(34(38)39)41-30-16-15-28(21-24(30)2)42-23-32-29(35-33(43-32)25-9-6-5-7-10-25)22-36-17-19-37(20-18-36)26-11-13-27(40-3)14-12-26/h5-7,9-16,21,31H,4,8,17-20,22-23H2,1-3H3,(H,38,39). The maximum absolute atomic E-state index is 11.6. The maximum Gasteiger partial charge on any atom is 0.344 e. The van der Waals surface area contributed by atoms with Crippen molar-refractivity contribution in [2.75, 3.05) is 38.2 Å². The van der Waals surface area contributed by atoms with E-state index in [0.717, 1.165) is 77.4 Å². The molecule has 1 atom stereocenters. The van der Waals surface area contributed by atoms with Gasteiger partial charge in [0.1, 0.15) is 16.5 Å². The number of aliphatic carboxylic acids is 1. The van der Waals surface area contributed by atoms with Crippen molar-refractivity contribution in [2.45, 2.75) is 50.0 Å². The van der Waals surface area contributed by atoms with Crippen molar-refractivity contribution in [3.63, 3.8) is 0 Å². The summed E-state index contributed by atoms with van der Waals surface area (Å²) in [6, 6.07) is 24.7. The number of nitrogens with zero attached hydrogens (tertiary/aromatic N) is 3. The SMILES string of the molecule is CCCC(Oc1ccc(SCc2sc(-c3ccccc3)nc2CN2CCN(c3ccc(OC)cc3)CC2)cc1C)C(=O)O. The van der Waals surface area contributed by atoms with Gasteiger partial charge in [-0.05, 0) is 61.4 Å². The summed E-state index contributed by atoms with van der Waals surface area (Å²) in [6.45, 7) is 8.67. The van der Waals surface area contributed by atoms with Crippen molar-refractivity contribution >= 4 is 34.8 Å². The summed E-state index contributed by atoms with van der Waals surface area (Å²) >= 11 is 3.55. The van der Waals surface area contributed by atoms with Gasteiger partial charge in [0.15, 0.2) is 6.10 Å². The van der Waals surface area contributed by atoms with Crippen molar-refractivity contribution in [1.29, 1.82) is 0 Å². The van der Waals surface area contributed by atoms with E-state index in [1.165, 1.54) is 10.6 Å². The van der Waals surface area contributed by atoms with E-state index in [-0.39, 0.29) is 0 Å². The van der Waals surface area contributed by atoms with E-state index >= 15 is 0 Å². The molecule has 7 nitrogen and oxygen atoms in total. The fraction of sp³-hybridized carbons (Fsp3) is 0.353. The van der Waals surface area contributed by atoms with Gasteiger partial charge in [0.2, 0.25) is 0 Å². The molecule has 0 amide bonds. The second-order valence-corrected chi connectivity index (χ2v) is 12.8. The number of carboxylic acid groups (broad SMARTS) is 1. The first-order valence-electron chi connectivity index (χ1n) is 14.7. The fourth-order valence-electron chi connectivity index (χ4n) is 5.13. The summed E-state index contributed by atoms with van der Waals surface area (Å²) in [6.07, 6.45) is 0.417. The van der Waals surface area contributed by atoms with Crippen LogP contribution in [0.1, 0.15) is 35.9 Å². The average molecular weight is 618 g/mol. The Morgan fingerprint density at radius 3 is 2.44 bits per heavy atom. The summed E-state index contributed by atoms with van der Waals surface area (Å²) in [5.41, 5.74) is 4.46. The van der Waals surface area contributed by atoms with Crippen molar-refractivity contribution in [1.82, 2.24) is 9.88 Å². The zero-order valence-electron chi connectivity index (χ0n) is 25.0. The van der Waals surface area contributed by atoms with Crippen LogP contribution in [0.25, 0.3) is 10.6 Å². The number of rotatable bonds is 13. The molecule has 2 heterocycles. The molecule has 1 fully saturated rings. The van der Waals surface area contributed by atoms with Gasteiger partial charge in [-0.25, -0.2) is 9.78 Å². The minimum atomic E-state index is -0.922. The lowest BCUT2D eigenvalue weighted by Crippen LogP contribution is -2.46. The number of benzene rings is 3. The quantitative estimate of drug-likeness (QED) is 0.156. The topological polar surface area (TPSA) is 75.1 Å². The fourth-order valence-corrected chi connectivity index (χ4v) is 7.31. The molecule has 1 aliphatic heterocycles. The minimum Gasteiger partial charge on any atom is -0.497 e. The number of aryl methyl sites for hydroxylation is 1. The molecule has 1 aromatic heterocycles. The molecule has 226 valence electrons. The summed E-state index contributed by atoms with van der Waals surface area (Å²) in [5, 5.41) is 10.5. The predicted molar refractivity (Wildman–Crippen MR) is 176 cm³/mol. The highest BCUT2D eigenvalue weighted by atomic mass is 32.2. The van der Waals surface area contributed by atoms with E-state index in [2.05, 4.69) is 52.3 Å². The van der Waals surface area contributed by atoms with Gasteiger partial charge in [0, 0.05) is 59.5 Å². The van der Waals surface area contributed by atoms with Crippen LogP contribution in [0.5, 0.6) is 11.5 Å². The van der Waals surface area contributed by atoms with E-state index in [9.17, 15) is 9.90 Å². The summed E-state index contributed by atoms with van der Waals surface area (Å²) in [7, 11) is 1.70. The second-order valence-electron chi connectivity index (χ2n) is 10.7. The van der Waals surface area contributed by atoms with E-state index in [0.29, 0.717) is 12.2 Å². The Labute approximate surface area is 262 Å². The Morgan fingerprint density at radius 1 is 1.05 bits per heavy atom. The first-order chi connectivity index (χ1) is 20.9. The third-order valence-electron chi connectivity index (χ3n) is 7.59. The summed E-state index contributed by atoms with van der Waals surface area (Å²) in [5.74, 6) is 1.40. The average Bonchev–Trinajstić information content (AvgIpc) is 3.44. The van der Waals surface area contributed by atoms with Crippen LogP contribution in [0.2, 0.25) is 0 Å². The van der Waals surface area contributed by atoms with Crippen molar-refractivity contribution < 1.29 is 19.4 Å². The van der Waals surface area contributed by atoms with Crippen LogP contribution >= 0.6 is 23.1 Å². The Bertz CT molecular complexity index is 1490. The van der Waals surface area contributed by atoms with Gasteiger partial charge in [-0.1, -0.05) is 43.7 Å². The third kappa shape index (κ3) is 8.10. The van der Waals surface area contributed by atoms with Gasteiger partial charge in [-0.3, -0.25) is 4.90 Å². The molecule has 1 saturated heterocycles. The monoisotopic (exact) mass is 617 g/mol. The molecule has 0 spiro atoms. The van der Waals surface area contributed by atoms with Crippen LogP contribution in [-0.4, -0.2) is 60.4 Å². The number of carbonyl (C=O) groups is 1. The smallest absolute Gasteiger partial charge is 0.344 e. The van der Waals surface area contributed by atoms with Gasteiger partial charge in [-0.15, -0.1) is 23.1 Å². The number of hydrogen-bond donors (Lipinski definition) is 1. The number of methoxy groups -OCH3 is 1. The Kier molecular flexibility index (Phi) is 10.6. The molecule has 5 rings (SSSR count). The van der Waals surface area contributed by atoms with Crippen LogP contribution < -0.4 is 14.4 Å². The van der Waals surface area contributed by atoms with Gasteiger partial charge in [-0.2, -0.15) is 0 Å². The first-order valence-corrected chi connectivity index (χ1v) is 16.5. The number of thiazole rings is 1. The van der Waals surface area contributed by atoms with Gasteiger partial charge in [0.25, 0.3) is 0 Å². The molecular formula is C34H39N3O4S2. The number of ether oxygens (including phenoxy) is 2. The molecular weight excluding hydrogens is 579 g/mol. The molecule has 43 heavy (non-hydrogen) atoms. The highest BCUT2D eigenvalue weighted by molar-refractivity contribution is 7.98. The highest BCUT2D eigenvalue weighted by Gasteiger charge is 2.22. The highest BCUT2D eigenvalue weighted by Crippen LogP contribution is 2.35. The summed E-state index contributed by atoms with van der Waals surface area (Å²) < 4.78 is 11.1. The number of thioether (sulfide) groups is 1. The first kappa shape index (κ1) is 30.9. The van der Waals surface area contributed by atoms with Crippen LogP contribution in [0.4, 0.5) is 5.69 Å². The minimum absolute atomic E-state index is 0.486. The molecule has 1 unspecified atom stereocenters. The summed E-state index contributed by atoms with van der Waals surface area (Å²) in [4.78, 5) is 24.1. The molecule has 9 heteroatoms.